The lowest BCUT2D eigenvalue weighted by Crippen LogP contribution is -2.08. The molecule has 0 heterocycles. The third-order valence-corrected chi connectivity index (χ3v) is 2.76. The summed E-state index contributed by atoms with van der Waals surface area (Å²) in [6.07, 6.45) is 5.28. The largest absolute Gasteiger partial charge is 0.298 e. The monoisotopic (exact) mass is 153 g/mol. The zero-order chi connectivity index (χ0) is 8.27. The maximum atomic E-state index is 4.16. The summed E-state index contributed by atoms with van der Waals surface area (Å²) in [4.78, 5) is 4.16. The molecule has 2 unspecified atom stereocenters. The molecule has 1 fully saturated rings. The van der Waals surface area contributed by atoms with Crippen molar-refractivity contribution in [3.8, 4) is 0 Å². The van der Waals surface area contributed by atoms with Crippen LogP contribution in [0.1, 0.15) is 39.5 Å². The topological polar surface area (TPSA) is 12.4 Å². The zero-order valence-corrected chi connectivity index (χ0v) is 7.71. The molecule has 0 radical (unpaired) electrons. The Bertz CT molecular complexity index is 119. The zero-order valence-electron chi connectivity index (χ0n) is 7.71. The van der Waals surface area contributed by atoms with Crippen LogP contribution in [0.25, 0.3) is 0 Å². The minimum Gasteiger partial charge on any atom is -0.298 e. The predicted octanol–water partition coefficient (Wildman–Crippen LogP) is 2.90. The minimum atomic E-state index is 0.544. The SMILES string of the molecule is C=NC1CC(C)CCC(C)C1. The first-order valence-corrected chi connectivity index (χ1v) is 4.68. The average Bonchev–Trinajstić information content (AvgIpc) is 2.13. The molecule has 64 valence electrons. The molecule has 1 rings (SSSR count). The molecule has 1 nitrogen and oxygen atoms in total. The molecule has 0 N–H and O–H groups in total. The van der Waals surface area contributed by atoms with Gasteiger partial charge in [0.2, 0.25) is 0 Å². The van der Waals surface area contributed by atoms with Crippen LogP contribution in [-0.2, 0) is 0 Å². The van der Waals surface area contributed by atoms with Crippen molar-refractivity contribution in [1.82, 2.24) is 0 Å². The van der Waals surface area contributed by atoms with Gasteiger partial charge < -0.3 is 0 Å². The second kappa shape index (κ2) is 3.89. The molecule has 1 aliphatic carbocycles. The molecule has 1 saturated carbocycles. The van der Waals surface area contributed by atoms with Crippen molar-refractivity contribution >= 4 is 6.72 Å². The van der Waals surface area contributed by atoms with Gasteiger partial charge in [-0.3, -0.25) is 4.99 Å². The number of aliphatic imine (C=N–C) groups is 1. The van der Waals surface area contributed by atoms with Gasteiger partial charge in [0.1, 0.15) is 0 Å². The third kappa shape index (κ3) is 2.64. The van der Waals surface area contributed by atoms with E-state index in [0.717, 1.165) is 11.8 Å². The standard InChI is InChI=1S/C10H19N/c1-8-4-5-9(2)7-10(6-8)11-3/h8-10H,3-7H2,1-2H3. The highest BCUT2D eigenvalue weighted by atomic mass is 14.7. The summed E-state index contributed by atoms with van der Waals surface area (Å²) < 4.78 is 0. The van der Waals surface area contributed by atoms with Crippen LogP contribution in [0, 0.1) is 11.8 Å². The van der Waals surface area contributed by atoms with Gasteiger partial charge in [0, 0.05) is 6.04 Å². The quantitative estimate of drug-likeness (QED) is 0.406. The van der Waals surface area contributed by atoms with E-state index in [-0.39, 0.29) is 0 Å². The lowest BCUT2D eigenvalue weighted by molar-refractivity contribution is 0.469. The highest BCUT2D eigenvalue weighted by Crippen LogP contribution is 2.28. The van der Waals surface area contributed by atoms with Gasteiger partial charge in [0.15, 0.2) is 0 Å². The van der Waals surface area contributed by atoms with Crippen molar-refractivity contribution in [3.05, 3.63) is 0 Å². The number of hydrogen-bond acceptors (Lipinski definition) is 1. The van der Waals surface area contributed by atoms with E-state index in [2.05, 4.69) is 25.6 Å². The molecule has 0 saturated heterocycles. The van der Waals surface area contributed by atoms with Crippen LogP contribution >= 0.6 is 0 Å². The van der Waals surface area contributed by atoms with Crippen molar-refractivity contribution in [2.75, 3.05) is 0 Å². The van der Waals surface area contributed by atoms with Gasteiger partial charge in [-0.25, -0.2) is 0 Å². The molecule has 0 bridgehead atoms. The summed E-state index contributed by atoms with van der Waals surface area (Å²) in [7, 11) is 0. The molecular formula is C10H19N. The van der Waals surface area contributed by atoms with Crippen LogP contribution in [0.4, 0.5) is 0 Å². The smallest absolute Gasteiger partial charge is 0.0497 e. The molecule has 0 aromatic heterocycles. The van der Waals surface area contributed by atoms with Gasteiger partial charge in [-0.2, -0.15) is 0 Å². The maximum Gasteiger partial charge on any atom is 0.0497 e. The second-order valence-corrected chi connectivity index (χ2v) is 4.10. The molecule has 1 heteroatoms. The normalized spacial score (nSPS) is 39.6. The molecule has 1 aliphatic rings. The summed E-state index contributed by atoms with van der Waals surface area (Å²) in [5, 5.41) is 0. The molecule has 0 amide bonds. The highest BCUT2D eigenvalue weighted by molar-refractivity contribution is 5.24. The van der Waals surface area contributed by atoms with Crippen molar-refractivity contribution in [3.63, 3.8) is 0 Å². The van der Waals surface area contributed by atoms with Crippen molar-refractivity contribution in [2.45, 2.75) is 45.6 Å². The summed E-state index contributed by atoms with van der Waals surface area (Å²) in [6, 6.07) is 0.544. The van der Waals surface area contributed by atoms with Crippen LogP contribution in [0.15, 0.2) is 4.99 Å². The molecule has 0 spiro atoms. The van der Waals surface area contributed by atoms with E-state index in [1.165, 1.54) is 25.7 Å². The Morgan fingerprint density at radius 1 is 1.09 bits per heavy atom. The second-order valence-electron chi connectivity index (χ2n) is 4.10. The highest BCUT2D eigenvalue weighted by Gasteiger charge is 2.19. The van der Waals surface area contributed by atoms with E-state index in [1.807, 2.05) is 0 Å². The molecule has 0 aliphatic heterocycles. The Hall–Kier alpha value is -0.330. The number of hydrogen-bond donors (Lipinski definition) is 0. The van der Waals surface area contributed by atoms with Crippen LogP contribution in [-0.4, -0.2) is 12.8 Å². The van der Waals surface area contributed by atoms with Crippen molar-refractivity contribution < 1.29 is 0 Å². The first-order chi connectivity index (χ1) is 5.22. The summed E-state index contributed by atoms with van der Waals surface area (Å²) in [5.74, 6) is 1.71. The summed E-state index contributed by atoms with van der Waals surface area (Å²) in [6.45, 7) is 8.30. The third-order valence-electron chi connectivity index (χ3n) is 2.76. The van der Waals surface area contributed by atoms with Crippen LogP contribution in [0.2, 0.25) is 0 Å². The van der Waals surface area contributed by atoms with E-state index in [0.29, 0.717) is 6.04 Å². The Balaban J connectivity index is 2.47. The van der Waals surface area contributed by atoms with Crippen LogP contribution < -0.4 is 0 Å². The molecule has 0 aromatic rings. The number of nitrogens with zero attached hydrogens (tertiary/aromatic N) is 1. The van der Waals surface area contributed by atoms with Gasteiger partial charge >= 0.3 is 0 Å². The maximum absolute atomic E-state index is 4.16. The fraction of sp³-hybridized carbons (Fsp3) is 0.900. The van der Waals surface area contributed by atoms with E-state index in [4.69, 9.17) is 0 Å². The first-order valence-electron chi connectivity index (χ1n) is 4.68. The van der Waals surface area contributed by atoms with Gasteiger partial charge in [-0.05, 0) is 31.4 Å². The predicted molar refractivity (Wildman–Crippen MR) is 50.1 cm³/mol. The van der Waals surface area contributed by atoms with Crippen LogP contribution in [0.5, 0.6) is 0 Å². The fourth-order valence-corrected chi connectivity index (χ4v) is 1.98. The first kappa shape index (κ1) is 8.76. The Morgan fingerprint density at radius 3 is 1.91 bits per heavy atom. The number of rotatable bonds is 1. The van der Waals surface area contributed by atoms with Gasteiger partial charge in [-0.15, -0.1) is 0 Å². The van der Waals surface area contributed by atoms with Gasteiger partial charge in [0.05, 0.1) is 0 Å². The molecule has 2 atom stereocenters. The van der Waals surface area contributed by atoms with Crippen molar-refractivity contribution in [1.29, 1.82) is 0 Å². The van der Waals surface area contributed by atoms with Gasteiger partial charge in [0.25, 0.3) is 0 Å². The summed E-state index contributed by atoms with van der Waals surface area (Å²) in [5.41, 5.74) is 0. The Labute approximate surface area is 69.9 Å². The lowest BCUT2D eigenvalue weighted by Gasteiger charge is -2.12. The molecule has 0 aromatic carbocycles. The van der Waals surface area contributed by atoms with E-state index >= 15 is 0 Å². The van der Waals surface area contributed by atoms with E-state index < -0.39 is 0 Å². The van der Waals surface area contributed by atoms with Gasteiger partial charge in [-0.1, -0.05) is 26.7 Å². The molecule has 11 heavy (non-hydrogen) atoms. The Morgan fingerprint density at radius 2 is 1.55 bits per heavy atom. The minimum absolute atomic E-state index is 0.544. The molecular weight excluding hydrogens is 134 g/mol. The van der Waals surface area contributed by atoms with E-state index in [9.17, 15) is 0 Å². The Kier molecular flexibility index (Phi) is 3.10. The average molecular weight is 153 g/mol. The summed E-state index contributed by atoms with van der Waals surface area (Å²) >= 11 is 0. The van der Waals surface area contributed by atoms with Crippen molar-refractivity contribution in [2.24, 2.45) is 16.8 Å². The lowest BCUT2D eigenvalue weighted by atomic mass is 10.0. The fourth-order valence-electron chi connectivity index (χ4n) is 1.98. The van der Waals surface area contributed by atoms with Crippen LogP contribution in [0.3, 0.4) is 0 Å². The van der Waals surface area contributed by atoms with E-state index in [1.54, 1.807) is 0 Å².